The average Bonchev–Trinajstić information content (AvgIpc) is 2.46. The number of fused-ring (bicyclic) bond motifs is 1. The number of hydrogen-bond acceptors (Lipinski definition) is 5. The summed E-state index contributed by atoms with van der Waals surface area (Å²) < 4.78 is 10.5. The minimum Gasteiger partial charge on any atom is -0.504 e. The predicted octanol–water partition coefficient (Wildman–Crippen LogP) is 4.61. The van der Waals surface area contributed by atoms with E-state index in [2.05, 4.69) is 0 Å². The van der Waals surface area contributed by atoms with Gasteiger partial charge in [-0.3, -0.25) is 0 Å². The van der Waals surface area contributed by atoms with Gasteiger partial charge in [-0.25, -0.2) is 4.79 Å². The van der Waals surface area contributed by atoms with Crippen molar-refractivity contribution < 1.29 is 19.4 Å². The second kappa shape index (κ2) is 5.68. The van der Waals surface area contributed by atoms with Gasteiger partial charge in [-0.15, -0.1) is 0 Å². The molecule has 0 bridgehead atoms. The molecule has 0 saturated carbocycles. The van der Waals surface area contributed by atoms with E-state index in [1.165, 1.54) is 30.3 Å². The van der Waals surface area contributed by atoms with Crippen molar-refractivity contribution in [3.63, 3.8) is 0 Å². The summed E-state index contributed by atoms with van der Waals surface area (Å²) in [4.78, 5) is 11.4. The normalized spacial score (nSPS) is 10.9. The van der Waals surface area contributed by atoms with Gasteiger partial charge in [0.15, 0.2) is 23.0 Å². The van der Waals surface area contributed by atoms with E-state index in [4.69, 9.17) is 32.4 Å². The van der Waals surface area contributed by atoms with Crippen LogP contribution in [0.15, 0.2) is 39.5 Å². The Balaban J connectivity index is 2.13. The van der Waals surface area contributed by atoms with Gasteiger partial charge in [0.2, 0.25) is 0 Å². The van der Waals surface area contributed by atoms with Gasteiger partial charge in [-0.1, -0.05) is 23.2 Å². The molecule has 0 aliphatic carbocycles. The van der Waals surface area contributed by atoms with Crippen LogP contribution in [0.5, 0.6) is 23.0 Å². The number of hydrogen-bond donors (Lipinski definition) is 2. The highest BCUT2D eigenvalue weighted by atomic mass is 35.5. The number of phenolic OH excluding ortho intramolecular Hbond substituents is 2. The Bertz CT molecular complexity index is 978. The zero-order valence-electron chi connectivity index (χ0n) is 11.8. The smallest absolute Gasteiger partial charge is 0.336 e. The Hall–Kier alpha value is -2.37. The van der Waals surface area contributed by atoms with Gasteiger partial charge >= 0.3 is 5.63 Å². The van der Waals surface area contributed by atoms with E-state index in [0.29, 0.717) is 10.9 Å². The van der Waals surface area contributed by atoms with E-state index in [-0.39, 0.29) is 38.6 Å². The number of aryl methyl sites for hydroxylation is 1. The summed E-state index contributed by atoms with van der Waals surface area (Å²) in [5.41, 5.74) is 0.265. The minimum atomic E-state index is -0.509. The first-order valence-corrected chi connectivity index (χ1v) is 7.24. The molecule has 23 heavy (non-hydrogen) atoms. The summed E-state index contributed by atoms with van der Waals surface area (Å²) >= 11 is 11.7. The quantitative estimate of drug-likeness (QED) is 0.658. The maximum absolute atomic E-state index is 11.4. The molecule has 0 atom stereocenters. The second-order valence-electron chi connectivity index (χ2n) is 4.87. The highest BCUT2D eigenvalue weighted by Crippen LogP contribution is 2.42. The van der Waals surface area contributed by atoms with Crippen LogP contribution in [0.3, 0.4) is 0 Å². The maximum Gasteiger partial charge on any atom is 0.336 e. The van der Waals surface area contributed by atoms with Crippen LogP contribution in [0.4, 0.5) is 0 Å². The standard InChI is InChI=1S/C16H10Cl2O5/c1-7-4-14(20)23-11-2-3-12(16(21)15(7)11)22-13-6-9(18)8(17)5-10(13)19/h2-6,19,21H,1H3. The molecule has 1 aromatic heterocycles. The Kier molecular flexibility index (Phi) is 3.83. The first-order chi connectivity index (χ1) is 10.9. The Morgan fingerprint density at radius 1 is 1.04 bits per heavy atom. The highest BCUT2D eigenvalue weighted by Gasteiger charge is 2.15. The maximum atomic E-state index is 11.4. The molecular formula is C16H10Cl2O5. The van der Waals surface area contributed by atoms with Crippen LogP contribution >= 0.6 is 23.2 Å². The monoisotopic (exact) mass is 352 g/mol. The van der Waals surface area contributed by atoms with E-state index in [9.17, 15) is 15.0 Å². The zero-order valence-corrected chi connectivity index (χ0v) is 13.3. The molecule has 118 valence electrons. The molecule has 0 fully saturated rings. The van der Waals surface area contributed by atoms with Crippen molar-refractivity contribution in [3.8, 4) is 23.0 Å². The molecule has 5 nitrogen and oxygen atoms in total. The van der Waals surface area contributed by atoms with Crippen LogP contribution in [-0.4, -0.2) is 10.2 Å². The van der Waals surface area contributed by atoms with E-state index in [0.717, 1.165) is 0 Å². The van der Waals surface area contributed by atoms with Gasteiger partial charge in [-0.05, 0) is 24.6 Å². The second-order valence-corrected chi connectivity index (χ2v) is 5.68. The van der Waals surface area contributed by atoms with E-state index >= 15 is 0 Å². The fourth-order valence-corrected chi connectivity index (χ4v) is 2.52. The Labute approximate surface area is 140 Å². The summed E-state index contributed by atoms with van der Waals surface area (Å²) in [6.07, 6.45) is 0. The van der Waals surface area contributed by atoms with Gasteiger partial charge in [0.25, 0.3) is 0 Å². The molecule has 7 heteroatoms. The van der Waals surface area contributed by atoms with E-state index in [1.807, 2.05) is 0 Å². The molecule has 0 aliphatic heterocycles. The van der Waals surface area contributed by atoms with Crippen LogP contribution in [-0.2, 0) is 0 Å². The lowest BCUT2D eigenvalue weighted by Gasteiger charge is -2.12. The molecule has 1 heterocycles. The first kappa shape index (κ1) is 15.5. The van der Waals surface area contributed by atoms with Gasteiger partial charge < -0.3 is 19.4 Å². The van der Waals surface area contributed by atoms with E-state index < -0.39 is 5.63 Å². The fourth-order valence-electron chi connectivity index (χ4n) is 2.21. The van der Waals surface area contributed by atoms with Crippen LogP contribution < -0.4 is 10.4 Å². The van der Waals surface area contributed by atoms with Crippen molar-refractivity contribution in [2.75, 3.05) is 0 Å². The topological polar surface area (TPSA) is 79.9 Å². The largest absolute Gasteiger partial charge is 0.504 e. The lowest BCUT2D eigenvalue weighted by Crippen LogP contribution is -1.98. The highest BCUT2D eigenvalue weighted by molar-refractivity contribution is 6.42. The average molecular weight is 353 g/mol. The Morgan fingerprint density at radius 3 is 2.48 bits per heavy atom. The number of ether oxygens (including phenoxy) is 1. The number of rotatable bonds is 2. The van der Waals surface area contributed by atoms with Gasteiger partial charge in [-0.2, -0.15) is 0 Å². The van der Waals surface area contributed by atoms with Crippen molar-refractivity contribution >= 4 is 34.2 Å². The number of phenols is 2. The Morgan fingerprint density at radius 2 is 1.74 bits per heavy atom. The lowest BCUT2D eigenvalue weighted by molar-refractivity contribution is 0.387. The molecule has 3 aromatic rings. The predicted molar refractivity (Wildman–Crippen MR) is 87.1 cm³/mol. The zero-order chi connectivity index (χ0) is 16.7. The molecule has 0 spiro atoms. The van der Waals surface area contributed by atoms with Crippen LogP contribution in [0.25, 0.3) is 11.0 Å². The molecule has 0 unspecified atom stereocenters. The molecule has 0 aliphatic rings. The first-order valence-electron chi connectivity index (χ1n) is 6.49. The van der Waals surface area contributed by atoms with Gasteiger partial charge in [0.1, 0.15) is 5.58 Å². The molecule has 0 saturated heterocycles. The van der Waals surface area contributed by atoms with Crippen molar-refractivity contribution in [2.24, 2.45) is 0 Å². The van der Waals surface area contributed by atoms with Gasteiger partial charge in [0, 0.05) is 18.2 Å². The van der Waals surface area contributed by atoms with Crippen LogP contribution in [0, 0.1) is 6.92 Å². The van der Waals surface area contributed by atoms with Crippen LogP contribution in [0.1, 0.15) is 5.56 Å². The summed E-state index contributed by atoms with van der Waals surface area (Å²) in [6, 6.07) is 6.75. The van der Waals surface area contributed by atoms with Crippen molar-refractivity contribution in [1.82, 2.24) is 0 Å². The molecule has 0 radical (unpaired) electrons. The molecule has 2 aromatic carbocycles. The SMILES string of the molecule is Cc1cc(=O)oc2ccc(Oc3cc(Cl)c(Cl)cc3O)c(O)c12. The molecular weight excluding hydrogens is 343 g/mol. The van der Waals surface area contributed by atoms with Gasteiger partial charge in [0.05, 0.1) is 15.4 Å². The summed E-state index contributed by atoms with van der Waals surface area (Å²) in [5, 5.41) is 21.0. The third kappa shape index (κ3) is 2.81. The molecule has 0 amide bonds. The summed E-state index contributed by atoms with van der Waals surface area (Å²) in [5.74, 6) is -0.336. The van der Waals surface area contributed by atoms with Crippen molar-refractivity contribution in [2.45, 2.75) is 6.92 Å². The van der Waals surface area contributed by atoms with E-state index in [1.54, 1.807) is 6.92 Å². The summed E-state index contributed by atoms with van der Waals surface area (Å²) in [7, 11) is 0. The molecule has 2 N–H and O–H groups in total. The number of benzene rings is 2. The third-order valence-electron chi connectivity index (χ3n) is 3.26. The fraction of sp³-hybridized carbons (Fsp3) is 0.0625. The summed E-state index contributed by atoms with van der Waals surface area (Å²) in [6.45, 7) is 1.67. The number of halogens is 2. The van der Waals surface area contributed by atoms with Crippen molar-refractivity contribution in [3.05, 3.63) is 56.4 Å². The van der Waals surface area contributed by atoms with Crippen LogP contribution in [0.2, 0.25) is 10.0 Å². The van der Waals surface area contributed by atoms with Crippen molar-refractivity contribution in [1.29, 1.82) is 0 Å². The minimum absolute atomic E-state index is 0.0316. The molecule has 3 rings (SSSR count). The third-order valence-corrected chi connectivity index (χ3v) is 3.99. The number of aromatic hydroxyl groups is 2. The lowest BCUT2D eigenvalue weighted by atomic mass is 10.1.